The van der Waals surface area contributed by atoms with Crippen molar-refractivity contribution < 1.29 is 14.3 Å². The van der Waals surface area contributed by atoms with E-state index in [0.717, 1.165) is 28.5 Å². The first-order valence-corrected chi connectivity index (χ1v) is 13.7. The Morgan fingerprint density at radius 3 is 2.02 bits per heavy atom. The third-order valence-corrected chi connectivity index (χ3v) is 7.66. The SMILES string of the molecule is COc1ccc([C@H](CC(=O)NCCC(c2ccccc2)c2ccccc2)c2cn(C)c3ccccc23)cc1OC. The summed E-state index contributed by atoms with van der Waals surface area (Å²) >= 11 is 0. The number of methoxy groups -OCH3 is 2. The molecule has 0 aliphatic heterocycles. The van der Waals surface area contributed by atoms with Crippen LogP contribution >= 0.6 is 0 Å². The monoisotopic (exact) mass is 532 g/mol. The van der Waals surface area contributed by atoms with Crippen molar-refractivity contribution >= 4 is 16.8 Å². The van der Waals surface area contributed by atoms with E-state index in [2.05, 4.69) is 76.7 Å². The first-order chi connectivity index (χ1) is 19.6. The van der Waals surface area contributed by atoms with Crippen molar-refractivity contribution in [1.29, 1.82) is 0 Å². The van der Waals surface area contributed by atoms with E-state index in [4.69, 9.17) is 9.47 Å². The molecule has 0 aliphatic carbocycles. The average molecular weight is 533 g/mol. The fourth-order valence-corrected chi connectivity index (χ4v) is 5.64. The Labute approximate surface area is 236 Å². The zero-order valence-corrected chi connectivity index (χ0v) is 23.3. The van der Waals surface area contributed by atoms with E-state index in [0.29, 0.717) is 24.5 Å². The highest BCUT2D eigenvalue weighted by Gasteiger charge is 2.24. The number of para-hydroxylation sites is 1. The smallest absolute Gasteiger partial charge is 0.220 e. The molecule has 0 unspecified atom stereocenters. The van der Waals surface area contributed by atoms with Crippen LogP contribution in [0.5, 0.6) is 11.5 Å². The number of carbonyl (C=O) groups is 1. The van der Waals surface area contributed by atoms with Gasteiger partial charge in [0.25, 0.3) is 0 Å². The fourth-order valence-electron chi connectivity index (χ4n) is 5.64. The third kappa shape index (κ3) is 5.89. The second kappa shape index (κ2) is 12.6. The first kappa shape index (κ1) is 27.1. The number of nitrogens with zero attached hydrogens (tertiary/aromatic N) is 1. The number of aryl methyl sites for hydroxylation is 1. The molecule has 1 atom stereocenters. The van der Waals surface area contributed by atoms with Crippen LogP contribution in [0.3, 0.4) is 0 Å². The van der Waals surface area contributed by atoms with Crippen LogP contribution < -0.4 is 14.8 Å². The molecule has 40 heavy (non-hydrogen) atoms. The van der Waals surface area contributed by atoms with Crippen molar-refractivity contribution in [1.82, 2.24) is 9.88 Å². The van der Waals surface area contributed by atoms with Crippen LogP contribution in [-0.2, 0) is 11.8 Å². The number of nitrogens with one attached hydrogen (secondary N) is 1. The highest BCUT2D eigenvalue weighted by molar-refractivity contribution is 5.86. The summed E-state index contributed by atoms with van der Waals surface area (Å²) < 4.78 is 13.2. The summed E-state index contributed by atoms with van der Waals surface area (Å²) in [5.74, 6) is 1.40. The largest absolute Gasteiger partial charge is 0.493 e. The summed E-state index contributed by atoms with van der Waals surface area (Å²) in [7, 11) is 5.31. The molecule has 0 saturated heterocycles. The zero-order chi connectivity index (χ0) is 27.9. The number of ether oxygens (including phenoxy) is 2. The van der Waals surface area contributed by atoms with Crippen molar-refractivity contribution in [3.63, 3.8) is 0 Å². The molecule has 1 aromatic heterocycles. The van der Waals surface area contributed by atoms with Gasteiger partial charge in [0.15, 0.2) is 11.5 Å². The molecule has 5 rings (SSSR count). The van der Waals surface area contributed by atoms with Gasteiger partial charge in [0.1, 0.15) is 0 Å². The first-order valence-electron chi connectivity index (χ1n) is 13.7. The Balaban J connectivity index is 1.38. The molecule has 1 amide bonds. The van der Waals surface area contributed by atoms with Gasteiger partial charge in [-0.25, -0.2) is 0 Å². The van der Waals surface area contributed by atoms with E-state index in [9.17, 15) is 4.79 Å². The Hall–Kier alpha value is -4.51. The lowest BCUT2D eigenvalue weighted by molar-refractivity contribution is -0.121. The Morgan fingerprint density at radius 2 is 1.38 bits per heavy atom. The van der Waals surface area contributed by atoms with E-state index in [1.54, 1.807) is 14.2 Å². The van der Waals surface area contributed by atoms with E-state index in [1.165, 1.54) is 11.1 Å². The number of carbonyl (C=O) groups excluding carboxylic acids is 1. The number of benzene rings is 4. The minimum atomic E-state index is -0.148. The summed E-state index contributed by atoms with van der Waals surface area (Å²) in [6, 6.07) is 35.2. The van der Waals surface area contributed by atoms with Gasteiger partial charge in [-0.15, -0.1) is 0 Å². The molecule has 4 aromatic carbocycles. The molecule has 1 N–H and O–H groups in total. The van der Waals surface area contributed by atoms with E-state index >= 15 is 0 Å². The molecule has 0 radical (unpaired) electrons. The van der Waals surface area contributed by atoms with Crippen molar-refractivity contribution in [3.05, 3.63) is 132 Å². The van der Waals surface area contributed by atoms with E-state index in [-0.39, 0.29) is 17.7 Å². The summed E-state index contributed by atoms with van der Waals surface area (Å²) in [5, 5.41) is 4.37. The van der Waals surface area contributed by atoms with Crippen LogP contribution in [0.25, 0.3) is 10.9 Å². The molecular weight excluding hydrogens is 496 g/mol. The van der Waals surface area contributed by atoms with Crippen LogP contribution in [0, 0.1) is 0 Å². The van der Waals surface area contributed by atoms with Gasteiger partial charge in [0.05, 0.1) is 14.2 Å². The summed E-state index contributed by atoms with van der Waals surface area (Å²) in [6.45, 7) is 0.585. The molecular formula is C35H36N2O3. The van der Waals surface area contributed by atoms with Gasteiger partial charge in [-0.05, 0) is 46.9 Å². The number of fused-ring (bicyclic) bond motifs is 1. The number of hydrogen-bond acceptors (Lipinski definition) is 3. The normalized spacial score (nSPS) is 11.9. The number of rotatable bonds is 11. The topological polar surface area (TPSA) is 52.5 Å². The lowest BCUT2D eigenvalue weighted by Crippen LogP contribution is -2.27. The Morgan fingerprint density at radius 1 is 0.750 bits per heavy atom. The number of aromatic nitrogens is 1. The van der Waals surface area contributed by atoms with Gasteiger partial charge in [-0.1, -0.05) is 84.9 Å². The van der Waals surface area contributed by atoms with Gasteiger partial charge < -0.3 is 19.4 Å². The molecule has 0 saturated carbocycles. The Kier molecular flexibility index (Phi) is 8.50. The van der Waals surface area contributed by atoms with Crippen molar-refractivity contribution in [3.8, 4) is 11.5 Å². The molecule has 0 bridgehead atoms. The van der Waals surface area contributed by atoms with Crippen LogP contribution in [-0.4, -0.2) is 31.2 Å². The van der Waals surface area contributed by atoms with Crippen LogP contribution in [0.2, 0.25) is 0 Å². The maximum Gasteiger partial charge on any atom is 0.220 e. The predicted molar refractivity (Wildman–Crippen MR) is 161 cm³/mol. The lowest BCUT2D eigenvalue weighted by atomic mass is 9.87. The van der Waals surface area contributed by atoms with Gasteiger partial charge >= 0.3 is 0 Å². The Bertz CT molecular complexity index is 1520. The molecule has 0 aliphatic rings. The number of amides is 1. The third-order valence-electron chi connectivity index (χ3n) is 7.66. The zero-order valence-electron chi connectivity index (χ0n) is 23.3. The van der Waals surface area contributed by atoms with Gasteiger partial charge in [-0.3, -0.25) is 4.79 Å². The average Bonchev–Trinajstić information content (AvgIpc) is 3.34. The second-order valence-electron chi connectivity index (χ2n) is 10.1. The van der Waals surface area contributed by atoms with Gasteiger partial charge in [0, 0.05) is 48.9 Å². The summed E-state index contributed by atoms with van der Waals surface area (Å²) in [5.41, 5.74) is 5.77. The number of hydrogen-bond donors (Lipinski definition) is 1. The van der Waals surface area contributed by atoms with Gasteiger partial charge in [0.2, 0.25) is 5.91 Å². The highest BCUT2D eigenvalue weighted by Crippen LogP contribution is 2.38. The molecule has 5 aromatic rings. The predicted octanol–water partition coefficient (Wildman–Crippen LogP) is 7.06. The standard InChI is InChI=1S/C35H36N2O3/c1-37-24-31(29-16-10-11-17-32(29)37)30(27-18-19-33(39-2)34(22-27)40-3)23-35(38)36-21-20-28(25-12-6-4-7-13-25)26-14-8-5-9-15-26/h4-19,22,24,28,30H,20-21,23H2,1-3H3,(H,36,38)/t30-/m0/s1. The molecule has 5 heteroatoms. The van der Waals surface area contributed by atoms with Crippen LogP contribution in [0.1, 0.15) is 46.9 Å². The van der Waals surface area contributed by atoms with Crippen molar-refractivity contribution in [2.45, 2.75) is 24.7 Å². The van der Waals surface area contributed by atoms with E-state index in [1.807, 2.05) is 49.5 Å². The highest BCUT2D eigenvalue weighted by atomic mass is 16.5. The summed E-state index contributed by atoms with van der Waals surface area (Å²) in [6.07, 6.45) is 3.28. The molecule has 204 valence electrons. The van der Waals surface area contributed by atoms with Crippen LogP contribution in [0.15, 0.2) is 109 Å². The minimum Gasteiger partial charge on any atom is -0.493 e. The van der Waals surface area contributed by atoms with Crippen molar-refractivity contribution in [2.24, 2.45) is 7.05 Å². The molecule has 0 fully saturated rings. The minimum absolute atomic E-state index is 0.0209. The van der Waals surface area contributed by atoms with E-state index < -0.39 is 0 Å². The maximum absolute atomic E-state index is 13.5. The quantitative estimate of drug-likeness (QED) is 0.198. The van der Waals surface area contributed by atoms with Crippen LogP contribution in [0.4, 0.5) is 0 Å². The summed E-state index contributed by atoms with van der Waals surface area (Å²) in [4.78, 5) is 13.5. The molecule has 0 spiro atoms. The maximum atomic E-state index is 13.5. The lowest BCUT2D eigenvalue weighted by Gasteiger charge is -2.21. The van der Waals surface area contributed by atoms with Crippen molar-refractivity contribution in [2.75, 3.05) is 20.8 Å². The fraction of sp³-hybridized carbons (Fsp3) is 0.229. The van der Waals surface area contributed by atoms with Gasteiger partial charge in [-0.2, -0.15) is 0 Å². The molecule has 1 heterocycles. The molecule has 5 nitrogen and oxygen atoms in total. The second-order valence-corrected chi connectivity index (χ2v) is 10.1.